The molecule has 0 bridgehead atoms. The molecule has 3 rings (SSSR count). The number of methoxy groups -OCH3 is 1. The number of hydrogen-bond donors (Lipinski definition) is 4. The number of carbonyl (C=O) groups is 4. The van der Waals surface area contributed by atoms with Crippen LogP contribution in [0.5, 0.6) is 5.75 Å². The van der Waals surface area contributed by atoms with Crippen molar-refractivity contribution in [2.24, 2.45) is 0 Å². The summed E-state index contributed by atoms with van der Waals surface area (Å²) < 4.78 is 4.74. The van der Waals surface area contributed by atoms with Crippen LogP contribution in [0.1, 0.15) is 30.6 Å². The van der Waals surface area contributed by atoms with Gasteiger partial charge in [0.25, 0.3) is 11.8 Å². The summed E-state index contributed by atoms with van der Waals surface area (Å²) in [6.45, 7) is 1.43. The number of hydrogen-bond acceptors (Lipinski definition) is 9. The van der Waals surface area contributed by atoms with E-state index in [1.807, 2.05) is 0 Å². The van der Waals surface area contributed by atoms with Crippen molar-refractivity contribution in [3.05, 3.63) is 62.8 Å². The Morgan fingerprint density at radius 1 is 1.15 bits per heavy atom. The Morgan fingerprint density at radius 2 is 1.94 bits per heavy atom. The number of phenolic OH excluding ortho intramolecular Hbond substituents is 1. The van der Waals surface area contributed by atoms with E-state index < -0.39 is 17.9 Å². The van der Waals surface area contributed by atoms with Crippen LogP contribution in [0.25, 0.3) is 0 Å². The number of benzene rings is 1. The van der Waals surface area contributed by atoms with E-state index in [0.717, 1.165) is 11.3 Å². The highest BCUT2D eigenvalue weighted by Gasteiger charge is 2.26. The fraction of sp³-hybridized carbons (Fsp3) is 0.227. The predicted octanol–water partition coefficient (Wildman–Crippen LogP) is 2.10. The third kappa shape index (κ3) is 6.62. The maximum Gasteiger partial charge on any atom is 0.330 e. The molecule has 0 saturated carbocycles. The lowest BCUT2D eigenvalue weighted by atomic mass is 10.1. The number of carbonyl (C=O) groups excluding carboxylic acids is 4. The first kappa shape index (κ1) is 24.9. The van der Waals surface area contributed by atoms with Gasteiger partial charge >= 0.3 is 5.97 Å². The van der Waals surface area contributed by atoms with E-state index in [2.05, 4.69) is 20.9 Å². The van der Waals surface area contributed by atoms with Gasteiger partial charge in [-0.2, -0.15) is 0 Å². The van der Waals surface area contributed by atoms with Gasteiger partial charge in [-0.15, -0.1) is 11.3 Å². The number of nitrogens with one attached hydrogen (secondary N) is 3. The molecule has 1 atom stereocenters. The molecule has 3 amide bonds. The average Bonchev–Trinajstić information content (AvgIpc) is 3.45. The number of amides is 3. The second-order valence-corrected chi connectivity index (χ2v) is 9.01. The highest BCUT2D eigenvalue weighted by atomic mass is 32.1. The monoisotopic (exact) mass is 502 g/mol. The van der Waals surface area contributed by atoms with Gasteiger partial charge in [-0.25, -0.2) is 9.78 Å². The van der Waals surface area contributed by atoms with E-state index in [4.69, 9.17) is 4.74 Å². The van der Waals surface area contributed by atoms with E-state index in [-0.39, 0.29) is 40.5 Å². The summed E-state index contributed by atoms with van der Waals surface area (Å²) in [6.07, 6.45) is 0.0168. The lowest BCUT2D eigenvalue weighted by molar-refractivity contribution is -0.142. The molecule has 0 aliphatic heterocycles. The second kappa shape index (κ2) is 11.4. The van der Waals surface area contributed by atoms with Crippen molar-refractivity contribution in [1.82, 2.24) is 15.6 Å². The van der Waals surface area contributed by atoms with Gasteiger partial charge in [0.2, 0.25) is 5.91 Å². The van der Waals surface area contributed by atoms with Gasteiger partial charge in [0.15, 0.2) is 5.13 Å². The van der Waals surface area contributed by atoms with Crippen LogP contribution in [-0.4, -0.2) is 53.5 Å². The number of nitrogens with zero attached hydrogens (tertiary/aromatic N) is 1. The van der Waals surface area contributed by atoms with Crippen molar-refractivity contribution in [1.29, 1.82) is 0 Å². The van der Waals surface area contributed by atoms with E-state index in [1.165, 1.54) is 30.6 Å². The third-order valence-electron chi connectivity index (χ3n) is 4.53. The fourth-order valence-electron chi connectivity index (χ4n) is 2.92. The summed E-state index contributed by atoms with van der Waals surface area (Å²) in [4.78, 5) is 54.3. The first-order valence-corrected chi connectivity index (χ1v) is 11.7. The normalized spacial score (nSPS) is 11.4. The molecular formula is C22H22N4O6S2. The molecule has 178 valence electrons. The lowest BCUT2D eigenvalue weighted by Gasteiger charge is -2.16. The van der Waals surface area contributed by atoms with Gasteiger partial charge in [-0.3, -0.25) is 14.4 Å². The van der Waals surface area contributed by atoms with Crippen LogP contribution in [0.15, 0.2) is 41.8 Å². The third-order valence-corrected chi connectivity index (χ3v) is 6.47. The molecule has 10 nitrogen and oxygen atoms in total. The van der Waals surface area contributed by atoms with Crippen LogP contribution in [0, 0.1) is 6.92 Å². The molecule has 1 unspecified atom stereocenters. The first-order chi connectivity index (χ1) is 16.3. The Balaban J connectivity index is 1.62. The first-order valence-electron chi connectivity index (χ1n) is 10.0. The number of esters is 1. The molecular weight excluding hydrogens is 480 g/mol. The minimum Gasteiger partial charge on any atom is -0.508 e. The molecule has 12 heteroatoms. The van der Waals surface area contributed by atoms with Crippen molar-refractivity contribution in [3.8, 4) is 5.75 Å². The topological polar surface area (TPSA) is 147 Å². The number of aryl methyl sites for hydroxylation is 1. The van der Waals surface area contributed by atoms with Crippen molar-refractivity contribution in [3.63, 3.8) is 0 Å². The summed E-state index contributed by atoms with van der Waals surface area (Å²) in [7, 11) is 1.18. The van der Waals surface area contributed by atoms with E-state index in [9.17, 15) is 24.3 Å². The van der Waals surface area contributed by atoms with Crippen molar-refractivity contribution in [2.75, 3.05) is 19.0 Å². The van der Waals surface area contributed by atoms with Gasteiger partial charge in [-0.1, -0.05) is 29.5 Å². The zero-order chi connectivity index (χ0) is 24.7. The number of ether oxygens (including phenoxy) is 1. The predicted molar refractivity (Wildman–Crippen MR) is 127 cm³/mol. The Labute approximate surface area is 203 Å². The highest BCUT2D eigenvalue weighted by molar-refractivity contribution is 7.17. The number of phenols is 1. The maximum atomic E-state index is 12.8. The molecule has 34 heavy (non-hydrogen) atoms. The molecule has 2 aromatic heterocycles. The van der Waals surface area contributed by atoms with Crippen LogP contribution in [0.2, 0.25) is 0 Å². The van der Waals surface area contributed by atoms with Crippen molar-refractivity contribution in [2.45, 2.75) is 19.4 Å². The number of anilines is 1. The van der Waals surface area contributed by atoms with E-state index in [1.54, 1.807) is 36.6 Å². The molecule has 0 saturated heterocycles. The second-order valence-electron chi connectivity index (χ2n) is 7.06. The molecule has 0 radical (unpaired) electrons. The van der Waals surface area contributed by atoms with Gasteiger partial charge in [0.1, 0.15) is 16.7 Å². The number of aromatic nitrogens is 1. The molecule has 0 fully saturated rings. The molecule has 3 aromatic rings. The van der Waals surface area contributed by atoms with Crippen LogP contribution < -0.4 is 16.0 Å². The zero-order valence-corrected chi connectivity index (χ0v) is 19.9. The fourth-order valence-corrected chi connectivity index (χ4v) is 4.45. The van der Waals surface area contributed by atoms with E-state index in [0.29, 0.717) is 16.1 Å². The van der Waals surface area contributed by atoms with Crippen molar-refractivity contribution >= 4 is 51.5 Å². The molecule has 1 aromatic carbocycles. The van der Waals surface area contributed by atoms with Crippen LogP contribution in [-0.2, 0) is 20.7 Å². The van der Waals surface area contributed by atoms with Gasteiger partial charge in [0.05, 0.1) is 24.1 Å². The SMILES string of the molecule is COC(=O)C(CNC(=O)c1cccs1)NC(=O)c1sc(NC(=O)Cc2cccc(O)c2)nc1C. The molecule has 2 heterocycles. The number of rotatable bonds is 9. The highest BCUT2D eigenvalue weighted by Crippen LogP contribution is 2.23. The maximum absolute atomic E-state index is 12.8. The average molecular weight is 503 g/mol. The Morgan fingerprint density at radius 3 is 2.62 bits per heavy atom. The summed E-state index contributed by atoms with van der Waals surface area (Å²) in [5, 5.41) is 19.3. The standard InChI is InChI=1S/C22H22N4O6S2/c1-12-18(34-22(24-12)26-17(28)10-13-5-3-6-14(27)9-13)20(30)25-15(21(31)32-2)11-23-19(29)16-7-4-8-33-16/h3-9,15,27H,10-11H2,1-2H3,(H,23,29)(H,25,30)(H,24,26,28). The summed E-state index contributed by atoms with van der Waals surface area (Å²) in [6, 6.07) is 8.58. The summed E-state index contributed by atoms with van der Waals surface area (Å²) in [5.74, 6) is -1.99. The molecule has 0 spiro atoms. The zero-order valence-electron chi connectivity index (χ0n) is 18.3. The van der Waals surface area contributed by atoms with Crippen molar-refractivity contribution < 1.29 is 29.0 Å². The summed E-state index contributed by atoms with van der Waals surface area (Å²) in [5.41, 5.74) is 0.982. The number of thiophene rings is 1. The number of aromatic hydroxyl groups is 1. The minimum atomic E-state index is -1.12. The molecule has 0 aliphatic rings. The lowest BCUT2D eigenvalue weighted by Crippen LogP contribution is -2.48. The minimum absolute atomic E-state index is 0.0168. The van der Waals surface area contributed by atoms with Crippen LogP contribution in [0.3, 0.4) is 0 Å². The van der Waals surface area contributed by atoms with E-state index >= 15 is 0 Å². The quantitative estimate of drug-likeness (QED) is 0.328. The summed E-state index contributed by atoms with van der Waals surface area (Å²) >= 11 is 2.20. The molecule has 0 aliphatic carbocycles. The Hall–Kier alpha value is -3.77. The smallest absolute Gasteiger partial charge is 0.330 e. The van der Waals surface area contributed by atoms with Gasteiger partial charge < -0.3 is 25.8 Å². The Kier molecular flexibility index (Phi) is 8.33. The largest absolute Gasteiger partial charge is 0.508 e. The van der Waals surface area contributed by atoms with Gasteiger partial charge in [-0.05, 0) is 36.1 Å². The molecule has 4 N–H and O–H groups in total. The van der Waals surface area contributed by atoms with Crippen LogP contribution >= 0.6 is 22.7 Å². The number of thiazole rings is 1. The van der Waals surface area contributed by atoms with Gasteiger partial charge in [0, 0.05) is 6.54 Å². The van der Waals surface area contributed by atoms with Crippen LogP contribution in [0.4, 0.5) is 5.13 Å². The Bertz CT molecular complexity index is 1190.